The molecule has 0 saturated carbocycles. The van der Waals surface area contributed by atoms with Gasteiger partial charge >= 0.3 is 0 Å². The third-order valence-electron chi connectivity index (χ3n) is 4.98. The highest BCUT2D eigenvalue weighted by Crippen LogP contribution is 2.29. The molecule has 0 aliphatic heterocycles. The second-order valence-corrected chi connectivity index (χ2v) is 7.09. The third kappa shape index (κ3) is 4.09. The number of aromatic nitrogens is 3. The summed E-state index contributed by atoms with van der Waals surface area (Å²) in [6, 6.07) is 18.7. The summed E-state index contributed by atoms with van der Waals surface area (Å²) < 4.78 is 5.72. The standard InChI is InChI=1S/C24H21N5O2/c1-3-31-23-20(17-7-4-6-16(12-17)13-25)10-11-21(27-23)24(30)29(2)15-19-9-5-8-18-14-26-28-22(18)19/h4-12,14H,3,15H2,1-2H3,(H,26,28). The van der Waals surface area contributed by atoms with Crippen molar-refractivity contribution in [2.45, 2.75) is 13.5 Å². The highest BCUT2D eigenvalue weighted by molar-refractivity contribution is 5.93. The number of aromatic amines is 1. The number of rotatable bonds is 6. The molecule has 2 heterocycles. The fraction of sp³-hybridized carbons (Fsp3) is 0.167. The quantitative estimate of drug-likeness (QED) is 0.514. The number of amides is 1. The molecule has 7 heteroatoms. The number of nitrogens with one attached hydrogen (secondary N) is 1. The molecule has 2 aromatic heterocycles. The van der Waals surface area contributed by atoms with Crippen molar-refractivity contribution < 1.29 is 9.53 Å². The summed E-state index contributed by atoms with van der Waals surface area (Å²) in [6.07, 6.45) is 1.76. The number of pyridine rings is 1. The van der Waals surface area contributed by atoms with Crippen molar-refractivity contribution in [2.75, 3.05) is 13.7 Å². The molecule has 0 fully saturated rings. The van der Waals surface area contributed by atoms with E-state index < -0.39 is 0 Å². The number of hydrogen-bond donors (Lipinski definition) is 1. The minimum atomic E-state index is -0.213. The van der Waals surface area contributed by atoms with Gasteiger partial charge in [0, 0.05) is 24.5 Å². The van der Waals surface area contributed by atoms with Gasteiger partial charge in [-0.15, -0.1) is 0 Å². The van der Waals surface area contributed by atoms with E-state index in [0.717, 1.165) is 27.6 Å². The molecule has 4 aromatic rings. The van der Waals surface area contributed by atoms with Crippen molar-refractivity contribution in [3.63, 3.8) is 0 Å². The lowest BCUT2D eigenvalue weighted by molar-refractivity contribution is 0.0778. The predicted octanol–water partition coefficient (Wildman–Crippen LogP) is 4.17. The van der Waals surface area contributed by atoms with Crippen LogP contribution in [0.25, 0.3) is 22.0 Å². The number of nitriles is 1. The Hall–Kier alpha value is -4.18. The van der Waals surface area contributed by atoms with E-state index in [4.69, 9.17) is 4.74 Å². The Bertz CT molecular complexity index is 1290. The summed E-state index contributed by atoms with van der Waals surface area (Å²) in [5.41, 5.74) is 4.28. The summed E-state index contributed by atoms with van der Waals surface area (Å²) in [7, 11) is 1.74. The molecule has 1 N–H and O–H groups in total. The normalized spacial score (nSPS) is 10.6. The number of ether oxygens (including phenoxy) is 1. The summed E-state index contributed by atoms with van der Waals surface area (Å²) in [4.78, 5) is 19.2. The van der Waals surface area contributed by atoms with Gasteiger partial charge in [0.2, 0.25) is 5.88 Å². The van der Waals surface area contributed by atoms with E-state index in [0.29, 0.717) is 30.3 Å². The minimum absolute atomic E-state index is 0.213. The number of para-hydroxylation sites is 1. The molecule has 0 atom stereocenters. The predicted molar refractivity (Wildman–Crippen MR) is 117 cm³/mol. The first-order valence-corrected chi connectivity index (χ1v) is 9.91. The zero-order chi connectivity index (χ0) is 21.8. The average Bonchev–Trinajstić information content (AvgIpc) is 3.29. The average molecular weight is 411 g/mol. The van der Waals surface area contributed by atoms with Gasteiger partial charge in [0.05, 0.1) is 30.0 Å². The molecule has 2 aromatic carbocycles. The van der Waals surface area contributed by atoms with Crippen molar-refractivity contribution in [1.82, 2.24) is 20.1 Å². The van der Waals surface area contributed by atoms with Crippen LogP contribution in [0.3, 0.4) is 0 Å². The van der Waals surface area contributed by atoms with Crippen LogP contribution in [0.5, 0.6) is 5.88 Å². The third-order valence-corrected chi connectivity index (χ3v) is 4.98. The van der Waals surface area contributed by atoms with E-state index in [-0.39, 0.29) is 5.91 Å². The lowest BCUT2D eigenvalue weighted by Gasteiger charge is -2.18. The van der Waals surface area contributed by atoms with Crippen LogP contribution in [0.2, 0.25) is 0 Å². The smallest absolute Gasteiger partial charge is 0.272 e. The van der Waals surface area contributed by atoms with Crippen LogP contribution >= 0.6 is 0 Å². The van der Waals surface area contributed by atoms with Gasteiger partial charge in [-0.25, -0.2) is 4.98 Å². The minimum Gasteiger partial charge on any atom is -0.478 e. The van der Waals surface area contributed by atoms with Crippen molar-refractivity contribution >= 4 is 16.8 Å². The van der Waals surface area contributed by atoms with Gasteiger partial charge in [0.15, 0.2) is 0 Å². The Balaban J connectivity index is 1.62. The molecule has 0 spiro atoms. The monoisotopic (exact) mass is 411 g/mol. The number of carbonyl (C=O) groups excluding carboxylic acids is 1. The van der Waals surface area contributed by atoms with E-state index in [1.54, 1.807) is 36.3 Å². The maximum atomic E-state index is 13.1. The molecular weight excluding hydrogens is 390 g/mol. The van der Waals surface area contributed by atoms with Gasteiger partial charge in [-0.05, 0) is 42.3 Å². The molecule has 154 valence electrons. The first-order chi connectivity index (χ1) is 15.1. The fourth-order valence-electron chi connectivity index (χ4n) is 3.47. The molecule has 0 aliphatic carbocycles. The van der Waals surface area contributed by atoms with E-state index in [2.05, 4.69) is 21.3 Å². The maximum Gasteiger partial charge on any atom is 0.272 e. The molecule has 4 rings (SSSR count). The van der Waals surface area contributed by atoms with E-state index >= 15 is 0 Å². The first-order valence-electron chi connectivity index (χ1n) is 9.91. The van der Waals surface area contributed by atoms with Gasteiger partial charge in [0.25, 0.3) is 5.91 Å². The van der Waals surface area contributed by atoms with E-state index in [9.17, 15) is 10.1 Å². The number of hydrogen-bond acceptors (Lipinski definition) is 5. The summed E-state index contributed by atoms with van der Waals surface area (Å²) in [6.45, 7) is 2.69. The zero-order valence-corrected chi connectivity index (χ0v) is 17.3. The molecular formula is C24H21N5O2. The summed E-state index contributed by atoms with van der Waals surface area (Å²) in [5.74, 6) is 0.155. The lowest BCUT2D eigenvalue weighted by Crippen LogP contribution is -2.27. The molecule has 31 heavy (non-hydrogen) atoms. The molecule has 0 bridgehead atoms. The number of benzene rings is 2. The molecule has 1 amide bonds. The SMILES string of the molecule is CCOc1nc(C(=O)N(C)Cc2cccc3cn[nH]c23)ccc1-c1cccc(C#N)c1. The van der Waals surface area contributed by atoms with Crippen molar-refractivity contribution in [1.29, 1.82) is 5.26 Å². The number of carbonyl (C=O) groups is 1. The highest BCUT2D eigenvalue weighted by atomic mass is 16.5. The number of H-pyrrole nitrogens is 1. The van der Waals surface area contributed by atoms with Crippen LogP contribution in [0.1, 0.15) is 28.5 Å². The van der Waals surface area contributed by atoms with Crippen LogP contribution in [0.4, 0.5) is 0 Å². The maximum absolute atomic E-state index is 13.1. The molecule has 0 unspecified atom stereocenters. The van der Waals surface area contributed by atoms with Crippen LogP contribution in [-0.4, -0.2) is 39.6 Å². The topological polar surface area (TPSA) is 94.9 Å². The summed E-state index contributed by atoms with van der Waals surface area (Å²) >= 11 is 0. The van der Waals surface area contributed by atoms with Crippen molar-refractivity contribution in [3.8, 4) is 23.1 Å². The van der Waals surface area contributed by atoms with Crippen LogP contribution in [0.15, 0.2) is 60.8 Å². The van der Waals surface area contributed by atoms with E-state index in [1.165, 1.54) is 0 Å². The molecule has 7 nitrogen and oxygen atoms in total. The molecule has 0 saturated heterocycles. The lowest BCUT2D eigenvalue weighted by atomic mass is 10.0. The van der Waals surface area contributed by atoms with Crippen LogP contribution < -0.4 is 4.74 Å². The van der Waals surface area contributed by atoms with Crippen molar-refractivity contribution in [3.05, 3.63) is 77.6 Å². The Kier molecular flexibility index (Phi) is 5.63. The van der Waals surface area contributed by atoms with E-state index in [1.807, 2.05) is 43.3 Å². The zero-order valence-electron chi connectivity index (χ0n) is 17.3. The second kappa shape index (κ2) is 8.67. The number of fused-ring (bicyclic) bond motifs is 1. The van der Waals surface area contributed by atoms with Crippen LogP contribution in [0, 0.1) is 11.3 Å². The Morgan fingerprint density at radius 3 is 2.84 bits per heavy atom. The first kappa shape index (κ1) is 20.1. The number of nitrogens with zero attached hydrogens (tertiary/aromatic N) is 4. The fourth-order valence-corrected chi connectivity index (χ4v) is 3.47. The summed E-state index contributed by atoms with van der Waals surface area (Å²) in [5, 5.41) is 17.2. The Labute approximate surface area is 179 Å². The highest BCUT2D eigenvalue weighted by Gasteiger charge is 2.18. The second-order valence-electron chi connectivity index (χ2n) is 7.09. The molecule has 0 aliphatic rings. The van der Waals surface area contributed by atoms with Crippen molar-refractivity contribution in [2.24, 2.45) is 0 Å². The Morgan fingerprint density at radius 1 is 1.19 bits per heavy atom. The van der Waals surface area contributed by atoms with Gasteiger partial charge in [-0.1, -0.05) is 30.3 Å². The van der Waals surface area contributed by atoms with Gasteiger partial charge < -0.3 is 9.64 Å². The Morgan fingerprint density at radius 2 is 2.03 bits per heavy atom. The molecule has 0 radical (unpaired) electrons. The van der Waals surface area contributed by atoms with Gasteiger partial charge in [-0.3, -0.25) is 9.89 Å². The van der Waals surface area contributed by atoms with Crippen LogP contribution in [-0.2, 0) is 6.54 Å². The van der Waals surface area contributed by atoms with Gasteiger partial charge in [0.1, 0.15) is 5.69 Å². The largest absolute Gasteiger partial charge is 0.478 e. The van der Waals surface area contributed by atoms with Gasteiger partial charge in [-0.2, -0.15) is 10.4 Å².